The average Bonchev–Trinajstić information content (AvgIpc) is 2.21. The molecule has 78 valence electrons. The molecule has 0 aromatic carbocycles. The Labute approximate surface area is 86.8 Å². The highest BCUT2D eigenvalue weighted by atomic mass is 14.9. The van der Waals surface area contributed by atoms with E-state index in [1.807, 2.05) is 19.4 Å². The molecule has 0 bridgehead atoms. The quantitative estimate of drug-likeness (QED) is 0.793. The van der Waals surface area contributed by atoms with Crippen LogP contribution in [0, 0.1) is 12.8 Å². The summed E-state index contributed by atoms with van der Waals surface area (Å²) in [7, 11) is 2.02. The van der Waals surface area contributed by atoms with Crippen molar-refractivity contribution < 1.29 is 0 Å². The van der Waals surface area contributed by atoms with Crippen molar-refractivity contribution in [2.24, 2.45) is 5.92 Å². The summed E-state index contributed by atoms with van der Waals surface area (Å²) in [4.78, 5) is 4.12. The van der Waals surface area contributed by atoms with Crippen LogP contribution < -0.4 is 5.32 Å². The first-order valence-electron chi connectivity index (χ1n) is 5.28. The maximum atomic E-state index is 4.12. The van der Waals surface area contributed by atoms with Crippen LogP contribution in [0.1, 0.15) is 37.4 Å². The zero-order valence-corrected chi connectivity index (χ0v) is 9.54. The number of rotatable bonds is 4. The lowest BCUT2D eigenvalue weighted by molar-refractivity contribution is 0.399. The first kappa shape index (κ1) is 11.2. The van der Waals surface area contributed by atoms with Gasteiger partial charge in [0.2, 0.25) is 0 Å². The van der Waals surface area contributed by atoms with Crippen LogP contribution in [0.5, 0.6) is 0 Å². The normalized spacial score (nSPS) is 15.1. The molecule has 14 heavy (non-hydrogen) atoms. The summed E-state index contributed by atoms with van der Waals surface area (Å²) in [6, 6.07) is 2.56. The third kappa shape index (κ3) is 2.32. The fourth-order valence-corrected chi connectivity index (χ4v) is 1.82. The average molecular weight is 192 g/mol. The number of hydrogen-bond donors (Lipinski definition) is 1. The Morgan fingerprint density at radius 2 is 2.21 bits per heavy atom. The third-order valence-electron chi connectivity index (χ3n) is 2.92. The molecule has 0 radical (unpaired) electrons. The summed E-state index contributed by atoms with van der Waals surface area (Å²) in [5, 5.41) is 3.38. The SMILES string of the molecule is CCC(C)C(NC)c1ccncc1C. The Morgan fingerprint density at radius 3 is 2.71 bits per heavy atom. The summed E-state index contributed by atoms with van der Waals surface area (Å²) in [5.41, 5.74) is 2.64. The van der Waals surface area contributed by atoms with E-state index < -0.39 is 0 Å². The molecule has 0 fully saturated rings. The van der Waals surface area contributed by atoms with E-state index in [2.05, 4.69) is 37.1 Å². The fourth-order valence-electron chi connectivity index (χ4n) is 1.82. The molecule has 0 aliphatic carbocycles. The van der Waals surface area contributed by atoms with E-state index in [1.165, 1.54) is 17.5 Å². The van der Waals surface area contributed by atoms with E-state index in [4.69, 9.17) is 0 Å². The second-order valence-corrected chi connectivity index (χ2v) is 3.88. The van der Waals surface area contributed by atoms with Crippen molar-refractivity contribution in [3.8, 4) is 0 Å². The summed E-state index contributed by atoms with van der Waals surface area (Å²) in [6.45, 7) is 6.63. The van der Waals surface area contributed by atoms with Gasteiger partial charge in [0.1, 0.15) is 0 Å². The fraction of sp³-hybridized carbons (Fsp3) is 0.583. The molecule has 1 N–H and O–H groups in total. The predicted octanol–water partition coefficient (Wildman–Crippen LogP) is 2.70. The van der Waals surface area contributed by atoms with E-state index in [1.54, 1.807) is 0 Å². The molecule has 2 heteroatoms. The van der Waals surface area contributed by atoms with E-state index in [9.17, 15) is 0 Å². The lowest BCUT2D eigenvalue weighted by Crippen LogP contribution is -2.23. The van der Waals surface area contributed by atoms with E-state index in [0.29, 0.717) is 12.0 Å². The first-order valence-corrected chi connectivity index (χ1v) is 5.28. The number of aromatic nitrogens is 1. The Kier molecular flexibility index (Phi) is 4.08. The summed E-state index contributed by atoms with van der Waals surface area (Å²) < 4.78 is 0. The van der Waals surface area contributed by atoms with E-state index >= 15 is 0 Å². The summed E-state index contributed by atoms with van der Waals surface area (Å²) in [6.07, 6.45) is 4.99. The van der Waals surface area contributed by atoms with Crippen molar-refractivity contribution in [1.82, 2.24) is 10.3 Å². The van der Waals surface area contributed by atoms with Gasteiger partial charge in [-0.3, -0.25) is 4.98 Å². The Balaban J connectivity index is 2.94. The Bertz CT molecular complexity index is 283. The lowest BCUT2D eigenvalue weighted by Gasteiger charge is -2.24. The van der Waals surface area contributed by atoms with Gasteiger partial charge in [-0.05, 0) is 37.1 Å². The molecule has 0 amide bonds. The number of pyridine rings is 1. The summed E-state index contributed by atoms with van der Waals surface area (Å²) in [5.74, 6) is 0.654. The van der Waals surface area contributed by atoms with Crippen LogP contribution in [-0.4, -0.2) is 12.0 Å². The van der Waals surface area contributed by atoms with Crippen molar-refractivity contribution >= 4 is 0 Å². The van der Waals surface area contributed by atoms with Gasteiger partial charge >= 0.3 is 0 Å². The molecule has 0 saturated carbocycles. The van der Waals surface area contributed by atoms with Crippen molar-refractivity contribution in [2.45, 2.75) is 33.2 Å². The zero-order chi connectivity index (χ0) is 10.6. The van der Waals surface area contributed by atoms with Crippen molar-refractivity contribution in [2.75, 3.05) is 7.05 Å². The topological polar surface area (TPSA) is 24.9 Å². The zero-order valence-electron chi connectivity index (χ0n) is 9.54. The molecular formula is C12H20N2. The molecular weight excluding hydrogens is 172 g/mol. The second-order valence-electron chi connectivity index (χ2n) is 3.88. The van der Waals surface area contributed by atoms with Crippen LogP contribution in [0.4, 0.5) is 0 Å². The van der Waals surface area contributed by atoms with Gasteiger partial charge in [0.15, 0.2) is 0 Å². The highest BCUT2D eigenvalue weighted by molar-refractivity contribution is 5.25. The van der Waals surface area contributed by atoms with Gasteiger partial charge in [-0.15, -0.1) is 0 Å². The maximum Gasteiger partial charge on any atom is 0.0347 e. The number of aryl methyl sites for hydroxylation is 1. The lowest BCUT2D eigenvalue weighted by atomic mass is 9.91. The maximum absolute atomic E-state index is 4.12. The number of hydrogen-bond acceptors (Lipinski definition) is 2. The van der Waals surface area contributed by atoms with E-state index in [0.717, 1.165) is 0 Å². The molecule has 1 aromatic heterocycles. The van der Waals surface area contributed by atoms with Gasteiger partial charge in [-0.1, -0.05) is 20.3 Å². The van der Waals surface area contributed by atoms with Crippen LogP contribution in [-0.2, 0) is 0 Å². The largest absolute Gasteiger partial charge is 0.313 e. The second kappa shape index (κ2) is 5.11. The van der Waals surface area contributed by atoms with Gasteiger partial charge < -0.3 is 5.32 Å². The molecule has 0 spiro atoms. The summed E-state index contributed by atoms with van der Waals surface area (Å²) >= 11 is 0. The molecule has 1 heterocycles. The van der Waals surface area contributed by atoms with Crippen molar-refractivity contribution in [1.29, 1.82) is 0 Å². The van der Waals surface area contributed by atoms with Crippen LogP contribution in [0.15, 0.2) is 18.5 Å². The van der Waals surface area contributed by atoms with Gasteiger partial charge in [0, 0.05) is 18.4 Å². The van der Waals surface area contributed by atoms with Crippen LogP contribution >= 0.6 is 0 Å². The Morgan fingerprint density at radius 1 is 1.50 bits per heavy atom. The van der Waals surface area contributed by atoms with E-state index in [-0.39, 0.29) is 0 Å². The van der Waals surface area contributed by atoms with Crippen LogP contribution in [0.25, 0.3) is 0 Å². The first-order chi connectivity index (χ1) is 6.70. The molecule has 0 aliphatic rings. The van der Waals surface area contributed by atoms with Crippen LogP contribution in [0.3, 0.4) is 0 Å². The van der Waals surface area contributed by atoms with Gasteiger partial charge in [0.25, 0.3) is 0 Å². The molecule has 2 atom stereocenters. The highest BCUT2D eigenvalue weighted by Crippen LogP contribution is 2.25. The molecule has 1 aromatic rings. The minimum Gasteiger partial charge on any atom is -0.313 e. The monoisotopic (exact) mass is 192 g/mol. The standard InChI is InChI=1S/C12H20N2/c1-5-9(2)12(13-4)11-6-7-14-8-10(11)3/h6-9,12-13H,5H2,1-4H3. The molecule has 1 rings (SSSR count). The smallest absolute Gasteiger partial charge is 0.0347 e. The minimum absolute atomic E-state index is 0.447. The Hall–Kier alpha value is -0.890. The number of nitrogens with zero attached hydrogens (tertiary/aromatic N) is 1. The van der Waals surface area contributed by atoms with Crippen LogP contribution in [0.2, 0.25) is 0 Å². The molecule has 0 aliphatic heterocycles. The highest BCUT2D eigenvalue weighted by Gasteiger charge is 2.17. The minimum atomic E-state index is 0.447. The molecule has 0 saturated heterocycles. The van der Waals surface area contributed by atoms with Crippen molar-refractivity contribution in [3.05, 3.63) is 29.6 Å². The van der Waals surface area contributed by atoms with Gasteiger partial charge in [0.05, 0.1) is 0 Å². The predicted molar refractivity (Wildman–Crippen MR) is 60.2 cm³/mol. The van der Waals surface area contributed by atoms with Gasteiger partial charge in [-0.2, -0.15) is 0 Å². The molecule has 2 unspecified atom stereocenters. The number of nitrogens with one attached hydrogen (secondary N) is 1. The van der Waals surface area contributed by atoms with Gasteiger partial charge in [-0.25, -0.2) is 0 Å². The van der Waals surface area contributed by atoms with Crippen molar-refractivity contribution in [3.63, 3.8) is 0 Å². The molecule has 2 nitrogen and oxygen atoms in total. The third-order valence-corrected chi connectivity index (χ3v) is 2.92.